The number of rotatable bonds is 15. The Morgan fingerprint density at radius 3 is 0.623 bits per heavy atom. The van der Waals surface area contributed by atoms with E-state index in [2.05, 4.69) is 104 Å². The molecule has 0 bridgehead atoms. The molecule has 3 atom stereocenters. The van der Waals surface area contributed by atoms with Crippen LogP contribution >= 0.6 is 0 Å². The molecule has 0 saturated heterocycles. The summed E-state index contributed by atoms with van der Waals surface area (Å²) < 4.78 is 165. The van der Waals surface area contributed by atoms with Gasteiger partial charge in [-0.15, -0.1) is 0 Å². The van der Waals surface area contributed by atoms with E-state index in [1.165, 1.54) is 72.6 Å². The molecule has 436 valence electrons. The monoisotopic (exact) mass is 1040 g/mol. The summed E-state index contributed by atoms with van der Waals surface area (Å²) in [6, 6.07) is 0. The minimum atomic E-state index is -4.43. The third-order valence-corrected chi connectivity index (χ3v) is 9.41. The van der Waals surface area contributed by atoms with E-state index in [1.54, 1.807) is 20.8 Å². The fourth-order valence-electron chi connectivity index (χ4n) is 2.27. The maximum absolute atomic E-state index is 11.9. The average Bonchev–Trinajstić information content (AvgIpc) is 3.20. The number of unbranched alkanes of at least 4 members (excludes halogenated alkanes) is 2. The van der Waals surface area contributed by atoms with Gasteiger partial charge in [-0.3, -0.25) is 0 Å². The third-order valence-electron chi connectivity index (χ3n) is 9.41. The Kier molecular flexibility index (Phi) is 75.9. The zero-order chi connectivity index (χ0) is 60.3. The molecule has 0 aliphatic heterocycles. The SMILES string of the molecule is CCC(C)(C)C.CCC(C)C.CCC(C)C.CCC(C)C.CCC(C)C(F)(F)F.CCC(F)(F)CC.CCCC(C)(F)F.CCCC(C)(F)F.CCCC(C)F.CCCCC.[2H]C([2H])(C)C(C)C(F)(F)F. The second-order valence-corrected chi connectivity index (χ2v) is 19.8. The van der Waals surface area contributed by atoms with Crippen molar-refractivity contribution in [1.29, 1.82) is 0 Å². The summed E-state index contributed by atoms with van der Waals surface area (Å²) in [6.07, 6.45) is 0.946. The van der Waals surface area contributed by atoms with Crippen molar-refractivity contribution < 1.29 is 59.8 Å². The first-order valence-corrected chi connectivity index (χ1v) is 26.3. The van der Waals surface area contributed by atoms with Gasteiger partial charge < -0.3 is 0 Å². The van der Waals surface area contributed by atoms with E-state index in [0.29, 0.717) is 24.7 Å². The highest BCUT2D eigenvalue weighted by Gasteiger charge is 2.34. The summed E-state index contributed by atoms with van der Waals surface area (Å²) in [5.41, 5.74) is 0.542. The molecule has 0 saturated carbocycles. The molecule has 0 N–H and O–H groups in total. The molecule has 3 unspecified atom stereocenters. The van der Waals surface area contributed by atoms with E-state index < -0.39 is 54.5 Å². The van der Waals surface area contributed by atoms with Crippen molar-refractivity contribution in [1.82, 2.24) is 0 Å². The van der Waals surface area contributed by atoms with Crippen molar-refractivity contribution in [2.24, 2.45) is 35.0 Å². The van der Waals surface area contributed by atoms with Crippen molar-refractivity contribution >= 4 is 0 Å². The lowest BCUT2D eigenvalue weighted by Crippen LogP contribution is -2.18. The van der Waals surface area contributed by atoms with Gasteiger partial charge in [-0.25, -0.2) is 30.7 Å². The lowest BCUT2D eigenvalue weighted by atomic mass is 9.94. The molecule has 0 aromatic heterocycles. The van der Waals surface area contributed by atoms with Gasteiger partial charge in [0.05, 0.1) is 18.0 Å². The first-order valence-electron chi connectivity index (χ1n) is 27.3. The summed E-state index contributed by atoms with van der Waals surface area (Å²) >= 11 is 0. The Bertz CT molecular complexity index is 885. The molecule has 0 aliphatic carbocycles. The lowest BCUT2D eigenvalue weighted by molar-refractivity contribution is -0.170. The molecule has 0 nitrogen and oxygen atoms in total. The van der Waals surface area contributed by atoms with Crippen LogP contribution in [0.3, 0.4) is 0 Å². The van der Waals surface area contributed by atoms with Crippen molar-refractivity contribution in [2.75, 3.05) is 0 Å². The maximum atomic E-state index is 11.9. The topological polar surface area (TPSA) is 0 Å². The fourth-order valence-corrected chi connectivity index (χ4v) is 2.27. The molecule has 0 radical (unpaired) electrons. The minimum Gasteiger partial charge on any atom is -0.248 e. The third kappa shape index (κ3) is 153. The molecular formula is C56H121F13. The molecule has 0 spiro atoms. The largest absolute Gasteiger partial charge is 0.391 e. The highest BCUT2D eigenvalue weighted by molar-refractivity contribution is 4.60. The number of hydrogen-bond acceptors (Lipinski definition) is 0. The lowest BCUT2D eigenvalue weighted by Gasteiger charge is -2.12. The van der Waals surface area contributed by atoms with Gasteiger partial charge in [0.2, 0.25) is 17.8 Å². The maximum Gasteiger partial charge on any atom is 0.391 e. The zero-order valence-corrected chi connectivity index (χ0v) is 50.2. The van der Waals surface area contributed by atoms with Gasteiger partial charge in [0.1, 0.15) is 0 Å². The molecule has 0 aliphatic rings. The van der Waals surface area contributed by atoms with Crippen LogP contribution in [-0.2, 0) is 0 Å². The Hall–Kier alpha value is -0.910. The minimum absolute atomic E-state index is 0.00694. The van der Waals surface area contributed by atoms with Crippen LogP contribution < -0.4 is 0 Å². The van der Waals surface area contributed by atoms with E-state index in [1.807, 2.05) is 6.92 Å². The Labute approximate surface area is 426 Å². The van der Waals surface area contributed by atoms with Crippen LogP contribution in [0.5, 0.6) is 0 Å². The first kappa shape index (κ1) is 87.8. The standard InChI is InChI=1S/C6H14.2C5H9F3.3C5H10F2.C5H11F.4C5H12/c1-5-6(2,3)4;2*1-3-4(2)5(6,7)8;2*1-3-4-5(2,6)7;1-3-5(6,7)4-2;1-3-4-5(2)6;3*1-4-5(2)3;1-3-5-4-2/h5H2,1-4H3;2*4H,3H2,1-2H3;3*3-4H2,1-2H3;5H,3-4H2,1-2H3;3*5H,4H2,1-3H3;3-5H2,1-2H3/i;3D2;;;;;;;;;. The van der Waals surface area contributed by atoms with Crippen LogP contribution in [0.2, 0.25) is 0 Å². The molecule has 0 aromatic rings. The van der Waals surface area contributed by atoms with Crippen LogP contribution in [0.15, 0.2) is 0 Å². The van der Waals surface area contributed by atoms with Crippen LogP contribution in [0, 0.1) is 35.0 Å². The quantitative estimate of drug-likeness (QED) is 0.143. The van der Waals surface area contributed by atoms with Crippen molar-refractivity contribution in [3.8, 4) is 0 Å². The number of hydrogen-bond donors (Lipinski definition) is 0. The van der Waals surface area contributed by atoms with Gasteiger partial charge in [-0.05, 0) is 63.2 Å². The Morgan fingerprint density at radius 1 is 0.377 bits per heavy atom. The van der Waals surface area contributed by atoms with Crippen molar-refractivity contribution in [2.45, 2.75) is 332 Å². The van der Waals surface area contributed by atoms with E-state index in [-0.39, 0.29) is 32.1 Å². The van der Waals surface area contributed by atoms with Crippen molar-refractivity contribution in [3.63, 3.8) is 0 Å². The van der Waals surface area contributed by atoms with Crippen molar-refractivity contribution in [3.05, 3.63) is 0 Å². The van der Waals surface area contributed by atoms with Gasteiger partial charge in [0, 0.05) is 28.4 Å². The van der Waals surface area contributed by atoms with E-state index in [4.69, 9.17) is 2.74 Å². The second-order valence-electron chi connectivity index (χ2n) is 19.8. The van der Waals surface area contributed by atoms with E-state index in [9.17, 15) is 57.1 Å². The summed E-state index contributed by atoms with van der Waals surface area (Å²) in [5.74, 6) is -7.72. The van der Waals surface area contributed by atoms with Crippen LogP contribution in [0.1, 0.15) is 299 Å². The van der Waals surface area contributed by atoms with Gasteiger partial charge in [-0.2, -0.15) is 26.3 Å². The molecule has 0 amide bonds. The van der Waals surface area contributed by atoms with Gasteiger partial charge >= 0.3 is 12.4 Å². The van der Waals surface area contributed by atoms with E-state index >= 15 is 0 Å². The zero-order valence-electron chi connectivity index (χ0n) is 52.2. The molecule has 0 rings (SSSR count). The smallest absolute Gasteiger partial charge is 0.248 e. The fraction of sp³-hybridized carbons (Fsp3) is 1.00. The molecule has 0 aromatic carbocycles. The predicted octanol–water partition coefficient (Wildman–Crippen LogP) is 25.5. The molecular weight excluding hydrogens is 920 g/mol. The first-order chi connectivity index (χ1) is 31.4. The molecule has 69 heavy (non-hydrogen) atoms. The van der Waals surface area contributed by atoms with Crippen LogP contribution in [0.25, 0.3) is 0 Å². The Morgan fingerprint density at radius 2 is 0.623 bits per heavy atom. The summed E-state index contributed by atoms with van der Waals surface area (Å²) in [7, 11) is 0. The summed E-state index contributed by atoms with van der Waals surface area (Å²) in [4.78, 5) is 0. The highest BCUT2D eigenvalue weighted by Crippen LogP contribution is 2.28. The molecule has 0 fully saturated rings. The van der Waals surface area contributed by atoms with E-state index in [0.717, 1.165) is 51.9 Å². The van der Waals surface area contributed by atoms with Crippen LogP contribution in [0.4, 0.5) is 57.1 Å². The normalized spacial score (nSPS) is 13.0. The average molecular weight is 1040 g/mol. The Balaban J connectivity index is -0.0000000624. The van der Waals surface area contributed by atoms with Gasteiger partial charge in [-0.1, -0.05) is 230 Å². The van der Waals surface area contributed by atoms with Gasteiger partial charge in [0.15, 0.2) is 0 Å². The second kappa shape index (κ2) is 59.7. The summed E-state index contributed by atoms with van der Waals surface area (Å²) in [6.45, 7) is 49.7. The van der Waals surface area contributed by atoms with Gasteiger partial charge in [0.25, 0.3) is 0 Å². The number of alkyl halides is 13. The van der Waals surface area contributed by atoms with Crippen LogP contribution in [-0.4, -0.2) is 36.3 Å². The summed E-state index contributed by atoms with van der Waals surface area (Å²) in [5, 5.41) is 0. The molecule has 13 heteroatoms. The highest BCUT2D eigenvalue weighted by atomic mass is 19.4. The predicted molar refractivity (Wildman–Crippen MR) is 283 cm³/mol. The number of halogens is 13. The molecule has 0 heterocycles.